The van der Waals surface area contributed by atoms with Crippen LogP contribution in [-0.2, 0) is 16.4 Å². The predicted molar refractivity (Wildman–Crippen MR) is 81.2 cm³/mol. The normalized spacial score (nSPS) is 15.7. The van der Waals surface area contributed by atoms with Gasteiger partial charge in [-0.3, -0.25) is 0 Å². The molecule has 2 N–H and O–H groups in total. The highest BCUT2D eigenvalue weighted by Crippen LogP contribution is 2.27. The van der Waals surface area contributed by atoms with Gasteiger partial charge in [-0.2, -0.15) is 0 Å². The van der Waals surface area contributed by atoms with Gasteiger partial charge in [-0.1, -0.05) is 0 Å². The molecule has 20 heavy (non-hydrogen) atoms. The summed E-state index contributed by atoms with van der Waals surface area (Å²) in [7, 11) is -1.64. The molecule has 0 spiro atoms. The Bertz CT molecular complexity index is 549. The molecular weight excluding hydrogens is 300 g/mol. The number of rotatable bonds is 5. The van der Waals surface area contributed by atoms with Crippen molar-refractivity contribution in [3.63, 3.8) is 0 Å². The van der Waals surface area contributed by atoms with Crippen LogP contribution in [0, 0.1) is 0 Å². The number of nitrogens with one attached hydrogen (secondary N) is 2. The first kappa shape index (κ1) is 17.2. The molecule has 1 atom stereocenters. The predicted octanol–water partition coefficient (Wildman–Crippen LogP) is 1.32. The van der Waals surface area contributed by atoms with E-state index < -0.39 is 10.0 Å². The monoisotopic (exact) mass is 320 g/mol. The number of hydrogen-bond donors (Lipinski definition) is 2. The molecule has 5 nitrogen and oxygen atoms in total. The Morgan fingerprint density at radius 3 is 2.85 bits per heavy atom. The van der Waals surface area contributed by atoms with E-state index >= 15 is 0 Å². The molecule has 0 radical (unpaired) electrons. The molecule has 0 bridgehead atoms. The van der Waals surface area contributed by atoms with Gasteiger partial charge in [0.05, 0.1) is 11.5 Å². The molecule has 0 aliphatic carbocycles. The van der Waals surface area contributed by atoms with E-state index in [0.717, 1.165) is 24.2 Å². The van der Waals surface area contributed by atoms with Crippen molar-refractivity contribution >= 4 is 22.4 Å². The minimum absolute atomic E-state index is 0. The highest BCUT2D eigenvalue weighted by Gasteiger charge is 2.18. The smallest absolute Gasteiger partial charge is 0.240 e. The van der Waals surface area contributed by atoms with Gasteiger partial charge in [0, 0.05) is 12.6 Å². The lowest BCUT2D eigenvalue weighted by Crippen LogP contribution is -2.37. The van der Waals surface area contributed by atoms with Crippen LogP contribution >= 0.6 is 12.4 Å². The second-order valence-corrected chi connectivity index (χ2v) is 6.53. The first-order valence-corrected chi connectivity index (χ1v) is 7.94. The fourth-order valence-corrected chi connectivity index (χ4v) is 3.10. The van der Waals surface area contributed by atoms with E-state index in [2.05, 4.69) is 10.0 Å². The minimum Gasteiger partial charge on any atom is -0.493 e. The van der Waals surface area contributed by atoms with E-state index in [-0.39, 0.29) is 18.4 Å². The highest BCUT2D eigenvalue weighted by molar-refractivity contribution is 7.89. The van der Waals surface area contributed by atoms with Crippen LogP contribution in [0.25, 0.3) is 0 Å². The number of aryl methyl sites for hydroxylation is 1. The van der Waals surface area contributed by atoms with Crippen LogP contribution in [0.15, 0.2) is 23.1 Å². The van der Waals surface area contributed by atoms with Crippen LogP contribution in [-0.4, -0.2) is 34.7 Å². The lowest BCUT2D eigenvalue weighted by molar-refractivity contribution is 0.288. The van der Waals surface area contributed by atoms with Crippen LogP contribution < -0.4 is 14.8 Å². The Hall–Kier alpha value is -0.820. The standard InChI is InChI=1S/C13H20N2O3S.ClH/c1-10(14-2)9-15-19(16,17)12-5-6-13-11(8-12)4-3-7-18-13;/h5-6,8,10,14-15H,3-4,7,9H2,1-2H3;1H. The van der Waals surface area contributed by atoms with E-state index in [9.17, 15) is 8.42 Å². The maximum Gasteiger partial charge on any atom is 0.240 e. The molecule has 1 unspecified atom stereocenters. The van der Waals surface area contributed by atoms with E-state index in [1.807, 2.05) is 6.92 Å². The van der Waals surface area contributed by atoms with Crippen LogP contribution in [0.3, 0.4) is 0 Å². The third kappa shape index (κ3) is 4.09. The largest absolute Gasteiger partial charge is 0.493 e. The summed E-state index contributed by atoms with van der Waals surface area (Å²) in [5, 5.41) is 2.99. The Morgan fingerprint density at radius 2 is 2.15 bits per heavy atom. The van der Waals surface area contributed by atoms with Crippen molar-refractivity contribution in [2.75, 3.05) is 20.2 Å². The lowest BCUT2D eigenvalue weighted by Gasteiger charge is -2.18. The summed E-state index contributed by atoms with van der Waals surface area (Å²) in [5.74, 6) is 0.800. The number of ether oxygens (including phenoxy) is 1. The van der Waals surface area contributed by atoms with Crippen molar-refractivity contribution in [2.45, 2.75) is 30.7 Å². The van der Waals surface area contributed by atoms with E-state index in [0.29, 0.717) is 18.0 Å². The van der Waals surface area contributed by atoms with Crippen molar-refractivity contribution in [3.8, 4) is 5.75 Å². The summed E-state index contributed by atoms with van der Waals surface area (Å²) in [4.78, 5) is 0.306. The summed E-state index contributed by atoms with van der Waals surface area (Å²) in [6.07, 6.45) is 1.80. The molecule has 1 aromatic carbocycles. The van der Waals surface area contributed by atoms with Gasteiger partial charge >= 0.3 is 0 Å². The summed E-state index contributed by atoms with van der Waals surface area (Å²) >= 11 is 0. The molecule has 0 fully saturated rings. The van der Waals surface area contributed by atoms with Gasteiger partial charge in [0.15, 0.2) is 0 Å². The third-order valence-corrected chi connectivity index (χ3v) is 4.68. The summed E-state index contributed by atoms with van der Waals surface area (Å²) in [6, 6.07) is 5.14. The fraction of sp³-hybridized carbons (Fsp3) is 0.538. The van der Waals surface area contributed by atoms with E-state index in [4.69, 9.17) is 4.74 Å². The SMILES string of the molecule is CNC(C)CNS(=O)(=O)c1ccc2c(c1)CCCO2.Cl. The van der Waals surface area contributed by atoms with Gasteiger partial charge in [-0.05, 0) is 50.6 Å². The van der Waals surface area contributed by atoms with Crippen molar-refractivity contribution in [1.29, 1.82) is 0 Å². The van der Waals surface area contributed by atoms with Crippen LogP contribution in [0.2, 0.25) is 0 Å². The number of sulfonamides is 1. The number of fused-ring (bicyclic) bond motifs is 1. The number of hydrogen-bond acceptors (Lipinski definition) is 4. The van der Waals surface area contributed by atoms with E-state index in [1.54, 1.807) is 25.2 Å². The molecule has 114 valence electrons. The third-order valence-electron chi connectivity index (χ3n) is 3.26. The molecule has 0 amide bonds. The molecule has 1 aliphatic rings. The maximum absolute atomic E-state index is 12.2. The molecule has 1 aromatic rings. The van der Waals surface area contributed by atoms with Crippen LogP contribution in [0.1, 0.15) is 18.9 Å². The number of likely N-dealkylation sites (N-methyl/N-ethyl adjacent to an activating group) is 1. The first-order valence-electron chi connectivity index (χ1n) is 6.45. The van der Waals surface area contributed by atoms with E-state index in [1.165, 1.54) is 0 Å². The summed E-state index contributed by atoms with van der Waals surface area (Å²) in [6.45, 7) is 2.99. The van der Waals surface area contributed by atoms with Gasteiger partial charge < -0.3 is 10.1 Å². The summed E-state index contributed by atoms with van der Waals surface area (Å²) < 4.78 is 32.4. The Balaban J connectivity index is 0.00000200. The topological polar surface area (TPSA) is 67.4 Å². The highest BCUT2D eigenvalue weighted by atomic mass is 35.5. The number of halogens is 1. The first-order chi connectivity index (χ1) is 9.03. The molecule has 7 heteroatoms. The molecule has 2 rings (SSSR count). The van der Waals surface area contributed by atoms with Crippen LogP contribution in [0.4, 0.5) is 0 Å². The fourth-order valence-electron chi connectivity index (χ4n) is 1.92. The van der Waals surface area contributed by atoms with Gasteiger partial charge in [0.25, 0.3) is 0 Å². The molecule has 0 aromatic heterocycles. The molecule has 0 saturated carbocycles. The Labute approximate surface area is 126 Å². The minimum atomic E-state index is -3.44. The second kappa shape index (κ2) is 7.26. The quantitative estimate of drug-likeness (QED) is 0.858. The Kier molecular flexibility index (Phi) is 6.26. The zero-order valence-corrected chi connectivity index (χ0v) is 13.3. The lowest BCUT2D eigenvalue weighted by atomic mass is 10.1. The molecule has 1 aliphatic heterocycles. The summed E-state index contributed by atoms with van der Waals surface area (Å²) in [5.41, 5.74) is 0.968. The van der Waals surface area contributed by atoms with Gasteiger partial charge in [-0.15, -0.1) is 12.4 Å². The Morgan fingerprint density at radius 1 is 1.40 bits per heavy atom. The van der Waals surface area contributed by atoms with Crippen LogP contribution in [0.5, 0.6) is 5.75 Å². The van der Waals surface area contributed by atoms with Crippen molar-refractivity contribution < 1.29 is 13.2 Å². The zero-order chi connectivity index (χ0) is 13.9. The molecule has 1 heterocycles. The van der Waals surface area contributed by atoms with Gasteiger partial charge in [-0.25, -0.2) is 13.1 Å². The average Bonchev–Trinajstić information content (AvgIpc) is 2.44. The second-order valence-electron chi connectivity index (χ2n) is 4.76. The van der Waals surface area contributed by atoms with Crippen molar-refractivity contribution in [1.82, 2.24) is 10.0 Å². The van der Waals surface area contributed by atoms with Gasteiger partial charge in [0.2, 0.25) is 10.0 Å². The average molecular weight is 321 g/mol. The zero-order valence-electron chi connectivity index (χ0n) is 11.7. The van der Waals surface area contributed by atoms with Gasteiger partial charge in [0.1, 0.15) is 5.75 Å². The van der Waals surface area contributed by atoms with Crippen molar-refractivity contribution in [2.24, 2.45) is 0 Å². The molecule has 0 saturated heterocycles. The maximum atomic E-state index is 12.2. The number of benzene rings is 1. The van der Waals surface area contributed by atoms with Crippen molar-refractivity contribution in [3.05, 3.63) is 23.8 Å². The molecular formula is C13H21ClN2O3S.